The van der Waals surface area contributed by atoms with Gasteiger partial charge in [-0.2, -0.15) is 0 Å². The fourth-order valence-electron chi connectivity index (χ4n) is 2.72. The first kappa shape index (κ1) is 20.3. The summed E-state index contributed by atoms with van der Waals surface area (Å²) in [7, 11) is 0. The van der Waals surface area contributed by atoms with E-state index in [9.17, 15) is 24.5 Å². The van der Waals surface area contributed by atoms with E-state index in [4.69, 9.17) is 0 Å². The molecule has 9 heteroatoms. The minimum atomic E-state index is -0.609. The number of aryl methyl sites for hydroxylation is 2. The van der Waals surface area contributed by atoms with Gasteiger partial charge in [-0.3, -0.25) is 29.4 Å². The van der Waals surface area contributed by atoms with Gasteiger partial charge in [-0.05, 0) is 54.4 Å². The molecule has 1 heterocycles. The van der Waals surface area contributed by atoms with E-state index in [0.717, 1.165) is 16.0 Å². The summed E-state index contributed by atoms with van der Waals surface area (Å²) in [5, 5.41) is 13.0. The Balaban J connectivity index is 1.73. The standard InChI is InChI=1S/C20H17N3O5S/c1-12-6-7-13(2)16(8-12)21-18(24)11-22-19(25)17(29-20(22)26)10-14-4-3-5-15(9-14)23(27)28/h3-10H,11H2,1-2H3,(H,21,24)/b17-10+. The lowest BCUT2D eigenvalue weighted by atomic mass is 10.1. The zero-order chi connectivity index (χ0) is 21.1. The van der Waals surface area contributed by atoms with Crippen molar-refractivity contribution in [2.45, 2.75) is 13.8 Å². The molecule has 2 aromatic carbocycles. The van der Waals surface area contributed by atoms with Gasteiger partial charge in [0.2, 0.25) is 5.91 Å². The molecule has 0 spiro atoms. The van der Waals surface area contributed by atoms with Crippen LogP contribution >= 0.6 is 11.8 Å². The summed E-state index contributed by atoms with van der Waals surface area (Å²) < 4.78 is 0. The normalized spacial score (nSPS) is 15.1. The number of hydrogen-bond acceptors (Lipinski definition) is 6. The summed E-state index contributed by atoms with van der Waals surface area (Å²) in [4.78, 5) is 48.4. The van der Waals surface area contributed by atoms with Gasteiger partial charge in [0.15, 0.2) is 0 Å². The average molecular weight is 411 g/mol. The molecule has 148 valence electrons. The van der Waals surface area contributed by atoms with Crippen LogP contribution in [-0.4, -0.2) is 33.4 Å². The highest BCUT2D eigenvalue weighted by molar-refractivity contribution is 8.18. The smallest absolute Gasteiger partial charge is 0.294 e. The third-order valence-corrected chi connectivity index (χ3v) is 5.13. The van der Waals surface area contributed by atoms with E-state index < -0.39 is 28.5 Å². The third-order valence-electron chi connectivity index (χ3n) is 4.22. The van der Waals surface area contributed by atoms with E-state index in [1.165, 1.54) is 24.3 Å². The molecule has 0 unspecified atom stereocenters. The fraction of sp³-hybridized carbons (Fsp3) is 0.150. The molecule has 0 aromatic heterocycles. The Morgan fingerprint density at radius 2 is 1.97 bits per heavy atom. The first-order chi connectivity index (χ1) is 13.7. The summed E-state index contributed by atoms with van der Waals surface area (Å²) in [5.41, 5.74) is 2.75. The molecular weight excluding hydrogens is 394 g/mol. The molecule has 8 nitrogen and oxygen atoms in total. The van der Waals surface area contributed by atoms with Crippen LogP contribution in [0.25, 0.3) is 6.08 Å². The number of nitro benzene ring substituents is 1. The average Bonchev–Trinajstić information content (AvgIpc) is 2.92. The van der Waals surface area contributed by atoms with Crippen LogP contribution in [0.3, 0.4) is 0 Å². The van der Waals surface area contributed by atoms with E-state index in [2.05, 4.69) is 5.32 Å². The van der Waals surface area contributed by atoms with E-state index in [0.29, 0.717) is 23.0 Å². The summed E-state index contributed by atoms with van der Waals surface area (Å²) in [6, 6.07) is 11.3. The molecule has 1 aliphatic rings. The first-order valence-electron chi connectivity index (χ1n) is 8.61. The van der Waals surface area contributed by atoms with Crippen molar-refractivity contribution in [3.05, 3.63) is 74.2 Å². The van der Waals surface area contributed by atoms with Gasteiger partial charge in [-0.25, -0.2) is 0 Å². The van der Waals surface area contributed by atoms with Crippen LogP contribution in [0.1, 0.15) is 16.7 Å². The van der Waals surface area contributed by atoms with Crippen LogP contribution in [0.4, 0.5) is 16.2 Å². The van der Waals surface area contributed by atoms with Crippen LogP contribution < -0.4 is 5.32 Å². The number of amides is 3. The highest BCUT2D eigenvalue weighted by Gasteiger charge is 2.36. The van der Waals surface area contributed by atoms with Crippen LogP contribution in [0.2, 0.25) is 0 Å². The fourth-order valence-corrected chi connectivity index (χ4v) is 3.56. The van der Waals surface area contributed by atoms with E-state index >= 15 is 0 Å². The summed E-state index contributed by atoms with van der Waals surface area (Å²) in [6.07, 6.45) is 1.40. The Bertz CT molecular complexity index is 1060. The summed E-state index contributed by atoms with van der Waals surface area (Å²) in [6.45, 7) is 3.32. The lowest BCUT2D eigenvalue weighted by molar-refractivity contribution is -0.384. The number of carbonyl (C=O) groups is 3. The molecule has 1 fully saturated rings. The number of nitrogens with zero attached hydrogens (tertiary/aromatic N) is 2. The zero-order valence-electron chi connectivity index (χ0n) is 15.7. The van der Waals surface area contributed by atoms with Crippen LogP contribution in [0.15, 0.2) is 47.4 Å². The van der Waals surface area contributed by atoms with Gasteiger partial charge >= 0.3 is 0 Å². The lowest BCUT2D eigenvalue weighted by Gasteiger charge is -2.14. The second-order valence-electron chi connectivity index (χ2n) is 6.49. The summed E-state index contributed by atoms with van der Waals surface area (Å²) in [5.74, 6) is -1.10. The monoisotopic (exact) mass is 411 g/mol. The number of thioether (sulfide) groups is 1. The second kappa shape index (κ2) is 8.27. The van der Waals surface area contributed by atoms with Gasteiger partial charge in [0.05, 0.1) is 9.83 Å². The van der Waals surface area contributed by atoms with E-state index in [1.807, 2.05) is 32.0 Å². The van der Waals surface area contributed by atoms with Gasteiger partial charge in [0.1, 0.15) is 6.54 Å². The van der Waals surface area contributed by atoms with Crippen molar-refractivity contribution in [1.29, 1.82) is 0 Å². The Labute approximate surface area is 170 Å². The lowest BCUT2D eigenvalue weighted by Crippen LogP contribution is -2.36. The molecule has 0 aliphatic carbocycles. The number of nitrogens with one attached hydrogen (secondary N) is 1. The van der Waals surface area contributed by atoms with Gasteiger partial charge in [0, 0.05) is 17.8 Å². The van der Waals surface area contributed by atoms with Crippen molar-refractivity contribution in [2.24, 2.45) is 0 Å². The number of imide groups is 1. The molecule has 0 radical (unpaired) electrons. The third kappa shape index (κ3) is 4.69. The van der Waals surface area contributed by atoms with E-state index in [1.54, 1.807) is 6.07 Å². The Morgan fingerprint density at radius 3 is 2.69 bits per heavy atom. The predicted octanol–water partition coefficient (Wildman–Crippen LogP) is 3.89. The van der Waals surface area contributed by atoms with Gasteiger partial charge in [0.25, 0.3) is 16.8 Å². The SMILES string of the molecule is Cc1ccc(C)c(NC(=O)CN2C(=O)S/C(=C/c3cccc([N+](=O)[O-])c3)C2=O)c1. The van der Waals surface area contributed by atoms with Crippen molar-refractivity contribution in [3.63, 3.8) is 0 Å². The maximum atomic E-state index is 12.6. The van der Waals surface area contributed by atoms with Crippen LogP contribution in [0.5, 0.6) is 0 Å². The molecule has 0 saturated carbocycles. The van der Waals surface area contributed by atoms with Crippen molar-refractivity contribution in [1.82, 2.24) is 4.90 Å². The van der Waals surface area contributed by atoms with E-state index in [-0.39, 0.29) is 10.6 Å². The van der Waals surface area contributed by atoms with Crippen molar-refractivity contribution in [3.8, 4) is 0 Å². The van der Waals surface area contributed by atoms with Crippen LogP contribution in [0, 0.1) is 24.0 Å². The minimum Gasteiger partial charge on any atom is -0.324 e. The maximum absolute atomic E-state index is 12.6. The van der Waals surface area contributed by atoms with Crippen molar-refractivity contribution in [2.75, 3.05) is 11.9 Å². The first-order valence-corrected chi connectivity index (χ1v) is 9.43. The molecule has 1 aliphatic heterocycles. The van der Waals surface area contributed by atoms with Gasteiger partial charge in [-0.15, -0.1) is 0 Å². The van der Waals surface area contributed by atoms with Gasteiger partial charge in [-0.1, -0.05) is 24.3 Å². The maximum Gasteiger partial charge on any atom is 0.294 e. The molecule has 0 bridgehead atoms. The number of non-ortho nitro benzene ring substituents is 1. The van der Waals surface area contributed by atoms with Crippen molar-refractivity contribution < 1.29 is 19.3 Å². The number of nitro groups is 1. The van der Waals surface area contributed by atoms with Crippen LogP contribution in [-0.2, 0) is 9.59 Å². The molecule has 29 heavy (non-hydrogen) atoms. The zero-order valence-corrected chi connectivity index (χ0v) is 16.5. The molecule has 2 aromatic rings. The molecular formula is C20H17N3O5S. The predicted molar refractivity (Wildman–Crippen MR) is 110 cm³/mol. The number of hydrogen-bond donors (Lipinski definition) is 1. The molecule has 1 saturated heterocycles. The Hall–Kier alpha value is -3.46. The second-order valence-corrected chi connectivity index (χ2v) is 7.48. The van der Waals surface area contributed by atoms with Gasteiger partial charge < -0.3 is 5.32 Å². The topological polar surface area (TPSA) is 110 Å². The number of carbonyl (C=O) groups excluding carboxylic acids is 3. The Morgan fingerprint density at radius 1 is 1.21 bits per heavy atom. The Kier molecular flexibility index (Phi) is 5.79. The highest BCUT2D eigenvalue weighted by Crippen LogP contribution is 2.32. The largest absolute Gasteiger partial charge is 0.324 e. The number of anilines is 1. The minimum absolute atomic E-state index is 0.107. The molecule has 1 N–H and O–H groups in total. The summed E-state index contributed by atoms with van der Waals surface area (Å²) >= 11 is 0.693. The molecule has 3 rings (SSSR count). The number of benzene rings is 2. The van der Waals surface area contributed by atoms with Crippen molar-refractivity contribution >= 4 is 46.3 Å². The quantitative estimate of drug-likeness (QED) is 0.454. The molecule has 3 amide bonds. The molecule has 0 atom stereocenters. The highest BCUT2D eigenvalue weighted by atomic mass is 32.2. The number of rotatable bonds is 5.